The Hall–Kier alpha value is -1.84. The monoisotopic (exact) mass is 301 g/mol. The second-order valence-electron chi connectivity index (χ2n) is 6.59. The van der Waals surface area contributed by atoms with Crippen LogP contribution in [0, 0.1) is 5.92 Å². The van der Waals surface area contributed by atoms with Gasteiger partial charge in [-0.05, 0) is 55.6 Å². The van der Waals surface area contributed by atoms with Gasteiger partial charge in [0.25, 0.3) is 0 Å². The van der Waals surface area contributed by atoms with Crippen LogP contribution in [0.1, 0.15) is 55.6 Å². The zero-order valence-corrected chi connectivity index (χ0v) is 12.8. The molecule has 1 amide bonds. The number of carbonyl (C=O) groups excluding carboxylic acids is 1. The zero-order chi connectivity index (χ0) is 15.5. The summed E-state index contributed by atoms with van der Waals surface area (Å²) in [6.07, 6.45) is 5.58. The van der Waals surface area contributed by atoms with Crippen LogP contribution in [0.5, 0.6) is 0 Å². The fourth-order valence-corrected chi connectivity index (χ4v) is 3.85. The maximum atomic E-state index is 12.3. The molecule has 1 saturated carbocycles. The maximum absolute atomic E-state index is 12.3. The predicted octanol–water partition coefficient (Wildman–Crippen LogP) is 2.87. The van der Waals surface area contributed by atoms with Crippen molar-refractivity contribution in [3.05, 3.63) is 35.4 Å². The molecule has 0 bridgehead atoms. The van der Waals surface area contributed by atoms with Gasteiger partial charge >= 0.3 is 5.97 Å². The van der Waals surface area contributed by atoms with Gasteiger partial charge in [0.15, 0.2) is 0 Å². The third-order valence-electron chi connectivity index (χ3n) is 5.13. The summed E-state index contributed by atoms with van der Waals surface area (Å²) < 4.78 is 0. The molecule has 2 aliphatic carbocycles. The molecule has 0 aromatic heterocycles. The Morgan fingerprint density at radius 3 is 2.55 bits per heavy atom. The first-order chi connectivity index (χ1) is 10.6. The molecule has 1 aromatic rings. The number of aliphatic carboxylic acids is 1. The van der Waals surface area contributed by atoms with Crippen molar-refractivity contribution in [2.24, 2.45) is 5.92 Å². The molecule has 1 fully saturated rings. The first kappa shape index (κ1) is 15.1. The summed E-state index contributed by atoms with van der Waals surface area (Å²) in [6.45, 7) is 0. The van der Waals surface area contributed by atoms with E-state index in [4.69, 9.17) is 5.11 Å². The van der Waals surface area contributed by atoms with Crippen LogP contribution >= 0.6 is 0 Å². The van der Waals surface area contributed by atoms with Gasteiger partial charge < -0.3 is 10.4 Å². The molecular formula is C18H23NO3. The Bertz CT molecular complexity index is 561. The molecular weight excluding hydrogens is 278 g/mol. The third kappa shape index (κ3) is 3.32. The minimum Gasteiger partial charge on any atom is -0.481 e. The van der Waals surface area contributed by atoms with Crippen LogP contribution in [0.25, 0.3) is 0 Å². The van der Waals surface area contributed by atoms with Gasteiger partial charge in [0, 0.05) is 12.5 Å². The molecule has 4 nitrogen and oxygen atoms in total. The van der Waals surface area contributed by atoms with E-state index in [-0.39, 0.29) is 17.9 Å². The molecule has 2 N–H and O–H groups in total. The van der Waals surface area contributed by atoms with Crippen molar-refractivity contribution >= 4 is 11.9 Å². The fourth-order valence-electron chi connectivity index (χ4n) is 3.85. The van der Waals surface area contributed by atoms with Crippen molar-refractivity contribution < 1.29 is 14.7 Å². The lowest BCUT2D eigenvalue weighted by Gasteiger charge is -2.27. The number of nitrogens with one attached hydrogen (secondary N) is 1. The zero-order valence-electron chi connectivity index (χ0n) is 12.8. The van der Waals surface area contributed by atoms with Gasteiger partial charge in [-0.2, -0.15) is 0 Å². The van der Waals surface area contributed by atoms with Gasteiger partial charge in [-0.1, -0.05) is 24.3 Å². The average molecular weight is 301 g/mol. The Morgan fingerprint density at radius 2 is 1.82 bits per heavy atom. The lowest BCUT2D eigenvalue weighted by molar-refractivity contribution is -0.142. The number of carboxylic acids is 1. The van der Waals surface area contributed by atoms with E-state index in [0.717, 1.165) is 25.7 Å². The van der Waals surface area contributed by atoms with Crippen molar-refractivity contribution in [1.82, 2.24) is 5.32 Å². The maximum Gasteiger partial charge on any atom is 0.306 e. The number of rotatable bonds is 4. The molecule has 22 heavy (non-hydrogen) atoms. The van der Waals surface area contributed by atoms with Gasteiger partial charge in [0.2, 0.25) is 5.91 Å². The minimum atomic E-state index is -0.702. The Kier molecular flexibility index (Phi) is 4.46. The Balaban J connectivity index is 1.49. The highest BCUT2D eigenvalue weighted by Gasteiger charge is 2.28. The van der Waals surface area contributed by atoms with E-state index in [2.05, 4.69) is 23.5 Å². The molecule has 0 heterocycles. The van der Waals surface area contributed by atoms with E-state index >= 15 is 0 Å². The van der Waals surface area contributed by atoms with Crippen LogP contribution in [0.4, 0.5) is 0 Å². The van der Waals surface area contributed by atoms with Crippen molar-refractivity contribution in [2.75, 3.05) is 0 Å². The molecule has 0 aliphatic heterocycles. The highest BCUT2D eigenvalue weighted by atomic mass is 16.4. The number of carbonyl (C=O) groups is 2. The summed E-state index contributed by atoms with van der Waals surface area (Å²) in [6, 6.07) is 8.54. The first-order valence-electron chi connectivity index (χ1n) is 8.23. The topological polar surface area (TPSA) is 66.4 Å². The summed E-state index contributed by atoms with van der Waals surface area (Å²) >= 11 is 0. The van der Waals surface area contributed by atoms with Gasteiger partial charge in [0.05, 0.1) is 5.92 Å². The molecule has 3 rings (SSSR count). The minimum absolute atomic E-state index is 0.112. The first-order valence-corrected chi connectivity index (χ1v) is 8.23. The molecule has 1 aromatic carbocycles. The SMILES string of the molecule is O=C(CC1CCc2ccccc21)NC1CCC(C(=O)O)CC1. The van der Waals surface area contributed by atoms with Gasteiger partial charge in [-0.3, -0.25) is 9.59 Å². The number of aryl methyl sites for hydroxylation is 1. The van der Waals surface area contributed by atoms with Crippen molar-refractivity contribution in [3.8, 4) is 0 Å². The number of hydrogen-bond acceptors (Lipinski definition) is 2. The van der Waals surface area contributed by atoms with E-state index in [1.54, 1.807) is 0 Å². The lowest BCUT2D eigenvalue weighted by atomic mass is 9.86. The van der Waals surface area contributed by atoms with Crippen molar-refractivity contribution in [3.63, 3.8) is 0 Å². The Labute approximate surface area is 130 Å². The van der Waals surface area contributed by atoms with Crippen molar-refractivity contribution in [2.45, 2.75) is 56.9 Å². The lowest BCUT2D eigenvalue weighted by Crippen LogP contribution is -2.39. The molecule has 2 aliphatic rings. The largest absolute Gasteiger partial charge is 0.481 e. The van der Waals surface area contributed by atoms with Crippen molar-refractivity contribution in [1.29, 1.82) is 0 Å². The van der Waals surface area contributed by atoms with Gasteiger partial charge in [-0.15, -0.1) is 0 Å². The standard InChI is InChI=1S/C18H23NO3/c20-17(19-15-9-7-13(8-10-15)18(21)22)11-14-6-5-12-3-1-2-4-16(12)14/h1-4,13-15H,5-11H2,(H,19,20)(H,21,22). The van der Waals surface area contributed by atoms with Gasteiger partial charge in [0.1, 0.15) is 0 Å². The number of fused-ring (bicyclic) bond motifs is 1. The van der Waals surface area contributed by atoms with Crippen LogP contribution in [0.2, 0.25) is 0 Å². The summed E-state index contributed by atoms with van der Waals surface area (Å²) in [7, 11) is 0. The quantitative estimate of drug-likeness (QED) is 0.898. The summed E-state index contributed by atoms with van der Waals surface area (Å²) in [4.78, 5) is 23.2. The molecule has 1 unspecified atom stereocenters. The summed E-state index contributed by atoms with van der Waals surface area (Å²) in [5.74, 6) is -0.478. The number of carboxylic acid groups (broad SMARTS) is 1. The normalized spacial score (nSPS) is 27.2. The van der Waals surface area contributed by atoms with E-state index in [0.29, 0.717) is 25.2 Å². The van der Waals surface area contributed by atoms with Crippen LogP contribution < -0.4 is 5.32 Å². The number of amides is 1. The summed E-state index contributed by atoms with van der Waals surface area (Å²) in [5, 5.41) is 12.1. The van der Waals surface area contributed by atoms with E-state index in [9.17, 15) is 9.59 Å². The van der Waals surface area contributed by atoms with Gasteiger partial charge in [-0.25, -0.2) is 0 Å². The molecule has 118 valence electrons. The second kappa shape index (κ2) is 6.51. The van der Waals surface area contributed by atoms with Crippen LogP contribution in [0.15, 0.2) is 24.3 Å². The highest BCUT2D eigenvalue weighted by molar-refractivity contribution is 5.77. The average Bonchev–Trinajstić information content (AvgIpc) is 2.91. The third-order valence-corrected chi connectivity index (χ3v) is 5.13. The van der Waals surface area contributed by atoms with Crippen LogP contribution in [-0.2, 0) is 16.0 Å². The number of benzene rings is 1. The number of hydrogen-bond donors (Lipinski definition) is 2. The molecule has 1 atom stereocenters. The van der Waals surface area contributed by atoms with E-state index in [1.807, 2.05) is 6.07 Å². The molecule has 0 saturated heterocycles. The summed E-state index contributed by atoms with van der Waals surface area (Å²) in [5.41, 5.74) is 2.70. The highest BCUT2D eigenvalue weighted by Crippen LogP contribution is 2.35. The van der Waals surface area contributed by atoms with E-state index < -0.39 is 5.97 Å². The van der Waals surface area contributed by atoms with Crippen LogP contribution in [-0.4, -0.2) is 23.0 Å². The van der Waals surface area contributed by atoms with Crippen LogP contribution in [0.3, 0.4) is 0 Å². The molecule has 4 heteroatoms. The fraction of sp³-hybridized carbons (Fsp3) is 0.556. The smallest absolute Gasteiger partial charge is 0.306 e. The second-order valence-corrected chi connectivity index (χ2v) is 6.59. The molecule has 0 spiro atoms. The van der Waals surface area contributed by atoms with E-state index in [1.165, 1.54) is 11.1 Å². The Morgan fingerprint density at radius 1 is 1.09 bits per heavy atom. The predicted molar refractivity (Wildman–Crippen MR) is 83.6 cm³/mol. The molecule has 0 radical (unpaired) electrons.